The Hall–Kier alpha value is -4.57. The average molecular weight is 651 g/mol. The van der Waals surface area contributed by atoms with E-state index in [1.807, 2.05) is 90.1 Å². The maximum absolute atomic E-state index is 13.4. The van der Waals surface area contributed by atoms with E-state index in [0.717, 1.165) is 48.3 Å². The van der Waals surface area contributed by atoms with E-state index in [2.05, 4.69) is 15.5 Å². The topological polar surface area (TPSA) is 142 Å². The van der Waals surface area contributed by atoms with Crippen molar-refractivity contribution in [2.45, 2.75) is 91.3 Å². The number of rotatable bonds is 8. The van der Waals surface area contributed by atoms with Crippen LogP contribution in [0.1, 0.15) is 95.6 Å². The molecule has 10 nitrogen and oxygen atoms in total. The normalized spacial score (nSPS) is 18.6. The quantitative estimate of drug-likeness (QED) is 0.128. The van der Waals surface area contributed by atoms with Crippen LogP contribution >= 0.6 is 0 Å². The largest absolute Gasteiger partial charge is 0.484 e. The maximum atomic E-state index is 13.4. The van der Waals surface area contributed by atoms with Crippen molar-refractivity contribution in [3.8, 4) is 5.75 Å². The SMILES string of the molecule is Cc1ccc(N=C(CC(=N)C(C)(C)C)NC(=O)NC2CCC(Oc3ccc(=N)n(C(=N)C(C)(C)N4CCCC4)c3)c3ccccc32)cc1. The number of likely N-dealkylation sites (tertiary alicyclic amines) is 1. The zero-order chi connectivity index (χ0) is 34.6. The highest BCUT2D eigenvalue weighted by Gasteiger charge is 2.35. The molecule has 1 aliphatic carbocycles. The van der Waals surface area contributed by atoms with Crippen LogP contribution in [0.4, 0.5) is 10.5 Å². The Morgan fingerprint density at radius 1 is 0.938 bits per heavy atom. The van der Waals surface area contributed by atoms with Crippen molar-refractivity contribution >= 4 is 29.1 Å². The molecule has 0 saturated carbocycles. The predicted molar refractivity (Wildman–Crippen MR) is 192 cm³/mol. The number of amides is 2. The molecule has 5 rings (SSSR count). The lowest BCUT2D eigenvalue weighted by molar-refractivity contribution is 0.170. The third-order valence-corrected chi connectivity index (χ3v) is 9.46. The van der Waals surface area contributed by atoms with Gasteiger partial charge in [0.15, 0.2) is 0 Å². The molecule has 1 saturated heterocycles. The smallest absolute Gasteiger partial charge is 0.320 e. The molecule has 3 aromatic rings. The lowest BCUT2D eigenvalue weighted by Gasteiger charge is -2.36. The van der Waals surface area contributed by atoms with E-state index in [4.69, 9.17) is 26.0 Å². The molecule has 2 unspecified atom stereocenters. The summed E-state index contributed by atoms with van der Waals surface area (Å²) in [6.07, 6.45) is 5.31. The fourth-order valence-electron chi connectivity index (χ4n) is 6.29. The van der Waals surface area contributed by atoms with E-state index in [9.17, 15) is 4.79 Å². The lowest BCUT2D eigenvalue weighted by Crippen LogP contribution is -2.52. The van der Waals surface area contributed by atoms with E-state index in [1.54, 1.807) is 22.9 Å². The number of fused-ring (bicyclic) bond motifs is 1. The van der Waals surface area contributed by atoms with E-state index in [0.29, 0.717) is 36.0 Å². The maximum Gasteiger partial charge on any atom is 0.320 e. The van der Waals surface area contributed by atoms with Crippen LogP contribution in [-0.4, -0.2) is 51.5 Å². The van der Waals surface area contributed by atoms with Gasteiger partial charge in [-0.05, 0) is 100 Å². The van der Waals surface area contributed by atoms with Gasteiger partial charge >= 0.3 is 6.03 Å². The second-order valence-corrected chi connectivity index (χ2v) is 14.5. The van der Waals surface area contributed by atoms with E-state index < -0.39 is 5.54 Å². The molecule has 2 amide bonds. The molecular weight excluding hydrogens is 600 g/mol. The first kappa shape index (κ1) is 34.8. The van der Waals surface area contributed by atoms with Gasteiger partial charge in [-0.2, -0.15) is 0 Å². The van der Waals surface area contributed by atoms with Gasteiger partial charge in [-0.1, -0.05) is 62.7 Å². The molecule has 254 valence electrons. The van der Waals surface area contributed by atoms with Crippen LogP contribution in [0, 0.1) is 28.6 Å². The van der Waals surface area contributed by atoms with E-state index in [1.165, 1.54) is 0 Å². The molecule has 1 aromatic heterocycles. The molecular formula is C38H50N8O2. The number of benzene rings is 2. The van der Waals surface area contributed by atoms with Gasteiger partial charge in [0.2, 0.25) is 0 Å². The van der Waals surface area contributed by atoms with Crippen LogP contribution in [0.5, 0.6) is 5.75 Å². The molecule has 2 heterocycles. The van der Waals surface area contributed by atoms with Gasteiger partial charge in [0.05, 0.1) is 23.5 Å². The highest BCUT2D eigenvalue weighted by atomic mass is 16.5. The number of aryl methyl sites for hydroxylation is 1. The van der Waals surface area contributed by atoms with Crippen LogP contribution in [0.25, 0.3) is 0 Å². The summed E-state index contributed by atoms with van der Waals surface area (Å²) in [6.45, 7) is 14.0. The number of aliphatic imine (C=N–C) groups is 1. The number of hydrogen-bond donors (Lipinski definition) is 5. The summed E-state index contributed by atoms with van der Waals surface area (Å²) in [7, 11) is 0. The third-order valence-electron chi connectivity index (χ3n) is 9.46. The van der Waals surface area contributed by atoms with Crippen molar-refractivity contribution in [1.29, 1.82) is 16.2 Å². The van der Waals surface area contributed by atoms with Crippen LogP contribution in [-0.2, 0) is 0 Å². The van der Waals surface area contributed by atoms with Gasteiger partial charge in [0.25, 0.3) is 0 Å². The first-order valence-electron chi connectivity index (χ1n) is 16.9. The summed E-state index contributed by atoms with van der Waals surface area (Å²) in [5.41, 5.74) is 3.67. The van der Waals surface area contributed by atoms with Gasteiger partial charge in [0, 0.05) is 12.1 Å². The van der Waals surface area contributed by atoms with Crippen LogP contribution in [0.2, 0.25) is 0 Å². The van der Waals surface area contributed by atoms with Crippen LogP contribution in [0.15, 0.2) is 71.9 Å². The summed E-state index contributed by atoms with van der Waals surface area (Å²) in [4.78, 5) is 20.5. The summed E-state index contributed by atoms with van der Waals surface area (Å²) in [5.74, 6) is 1.36. The molecule has 2 aromatic carbocycles. The number of carbonyl (C=O) groups excluding carboxylic acids is 1. The van der Waals surface area contributed by atoms with Crippen molar-refractivity contribution in [1.82, 2.24) is 20.1 Å². The summed E-state index contributed by atoms with van der Waals surface area (Å²) in [5, 5.41) is 32.3. The Balaban J connectivity index is 1.31. The lowest BCUT2D eigenvalue weighted by atomic mass is 9.85. The molecule has 10 heteroatoms. The Morgan fingerprint density at radius 3 is 2.27 bits per heavy atom. The number of pyridine rings is 1. The number of carbonyl (C=O) groups is 1. The van der Waals surface area contributed by atoms with Gasteiger partial charge in [0.1, 0.15) is 29.0 Å². The Morgan fingerprint density at radius 2 is 1.60 bits per heavy atom. The van der Waals surface area contributed by atoms with Gasteiger partial charge in [-0.3, -0.25) is 25.6 Å². The zero-order valence-electron chi connectivity index (χ0n) is 29.1. The first-order chi connectivity index (χ1) is 22.7. The molecule has 0 bridgehead atoms. The second-order valence-electron chi connectivity index (χ2n) is 14.5. The van der Waals surface area contributed by atoms with Crippen LogP contribution < -0.4 is 20.9 Å². The highest BCUT2D eigenvalue weighted by Crippen LogP contribution is 2.38. The molecule has 1 fully saturated rings. The fraction of sp³-hybridized carbons (Fsp3) is 0.447. The zero-order valence-corrected chi connectivity index (χ0v) is 29.1. The van der Waals surface area contributed by atoms with Crippen molar-refractivity contribution in [2.24, 2.45) is 10.4 Å². The van der Waals surface area contributed by atoms with Crippen molar-refractivity contribution in [2.75, 3.05) is 13.1 Å². The number of nitrogens with one attached hydrogen (secondary N) is 5. The third kappa shape index (κ3) is 8.10. The number of ether oxygens (including phenoxy) is 1. The number of nitrogens with zero attached hydrogens (tertiary/aromatic N) is 3. The van der Waals surface area contributed by atoms with Crippen molar-refractivity contribution in [3.05, 3.63) is 89.0 Å². The molecule has 0 radical (unpaired) electrons. The molecule has 1 aliphatic heterocycles. The molecule has 5 N–H and O–H groups in total. The summed E-state index contributed by atoms with van der Waals surface area (Å²) in [6, 6.07) is 18.6. The summed E-state index contributed by atoms with van der Waals surface area (Å²) >= 11 is 0. The van der Waals surface area contributed by atoms with E-state index in [-0.39, 0.29) is 35.5 Å². The van der Waals surface area contributed by atoms with Gasteiger partial charge in [-0.25, -0.2) is 9.79 Å². The Kier molecular flexibility index (Phi) is 10.3. The minimum absolute atomic E-state index is 0.228. The number of urea groups is 1. The monoisotopic (exact) mass is 650 g/mol. The molecule has 48 heavy (non-hydrogen) atoms. The minimum Gasteiger partial charge on any atom is -0.484 e. The Labute approximate surface area is 284 Å². The number of hydrogen-bond acceptors (Lipinski definition) is 7. The molecule has 2 aliphatic rings. The fourth-order valence-corrected chi connectivity index (χ4v) is 6.29. The average Bonchev–Trinajstić information content (AvgIpc) is 3.60. The standard InChI is InChI=1S/C38H50N8O2/c1-25-13-15-26(16-14-25)42-34(23-32(39)37(2,3)4)44-36(47)43-30-18-19-31(29-12-8-7-11-28(29)30)48-27-17-20-33(40)46(24-27)35(41)38(5,6)45-21-9-10-22-45/h7-8,11-17,20,24,30-31,39-41H,9-10,18-19,21-23H2,1-6H3,(H2,42,43,44,47). The minimum atomic E-state index is -0.510. The Bertz CT molecular complexity index is 1740. The van der Waals surface area contributed by atoms with E-state index >= 15 is 0 Å². The predicted octanol–water partition coefficient (Wildman–Crippen LogP) is 7.42. The highest BCUT2D eigenvalue weighted by molar-refractivity contribution is 6.09. The van der Waals surface area contributed by atoms with Crippen molar-refractivity contribution < 1.29 is 9.53 Å². The summed E-state index contributed by atoms with van der Waals surface area (Å²) < 4.78 is 8.17. The van der Waals surface area contributed by atoms with Gasteiger partial charge in [-0.15, -0.1) is 0 Å². The second kappa shape index (κ2) is 14.3. The van der Waals surface area contributed by atoms with Crippen molar-refractivity contribution in [3.63, 3.8) is 0 Å². The number of amidine groups is 1. The molecule has 2 atom stereocenters. The van der Waals surface area contributed by atoms with Crippen LogP contribution in [0.3, 0.4) is 0 Å². The van der Waals surface area contributed by atoms with Gasteiger partial charge < -0.3 is 15.5 Å². The number of aromatic nitrogens is 1. The first-order valence-corrected chi connectivity index (χ1v) is 16.9. The molecule has 0 spiro atoms.